The second kappa shape index (κ2) is 44.6. The summed E-state index contributed by atoms with van der Waals surface area (Å²) in [6, 6.07) is 48.8. The summed E-state index contributed by atoms with van der Waals surface area (Å²) in [7, 11) is -12.7. The van der Waals surface area contributed by atoms with Crippen molar-refractivity contribution in [3.05, 3.63) is 222 Å². The van der Waals surface area contributed by atoms with Gasteiger partial charge in [0.15, 0.2) is 11.3 Å². The summed E-state index contributed by atoms with van der Waals surface area (Å²) >= 11 is 37.3. The minimum atomic E-state index is -4.77. The van der Waals surface area contributed by atoms with Crippen LogP contribution in [-0.4, -0.2) is 74.5 Å². The Morgan fingerprint density at radius 2 is 0.804 bits per heavy atom. The Balaban J connectivity index is 0.000000217. The zero-order valence-corrected chi connectivity index (χ0v) is 73.9. The van der Waals surface area contributed by atoms with Crippen LogP contribution in [0.1, 0.15) is 89.5 Å². The number of halogens is 6. The second-order valence-corrected chi connectivity index (χ2v) is 47.9. The van der Waals surface area contributed by atoms with Gasteiger partial charge in [0.05, 0.1) is 52.4 Å². The van der Waals surface area contributed by atoms with Gasteiger partial charge in [-0.15, -0.1) is 60.6 Å². The highest BCUT2D eigenvalue weighted by molar-refractivity contribution is 9.26. The lowest BCUT2D eigenvalue weighted by molar-refractivity contribution is -0.117. The summed E-state index contributed by atoms with van der Waals surface area (Å²) in [6.45, 7) is 21.8. The van der Waals surface area contributed by atoms with Crippen molar-refractivity contribution in [2.24, 2.45) is 0 Å². The van der Waals surface area contributed by atoms with Crippen molar-refractivity contribution in [1.29, 1.82) is 0 Å². The fraction of sp³-hybridized carbons (Fsp3) is 0.289. The lowest BCUT2D eigenvalue weighted by Gasteiger charge is -2.25. The Labute approximate surface area is 681 Å². The third kappa shape index (κ3) is 27.8. The number of carbonyl (C=O) groups excluding carboxylic acids is 2. The van der Waals surface area contributed by atoms with Crippen LogP contribution in [0, 0.1) is 0 Å². The molecule has 4 heterocycles. The summed E-state index contributed by atoms with van der Waals surface area (Å²) < 4.78 is 80.1. The third-order valence-electron chi connectivity index (χ3n) is 14.6. The topological polar surface area (TPSA) is 214 Å². The molecule has 8 aromatic carbocycles. The fourth-order valence-electron chi connectivity index (χ4n) is 10.4. The standard InChI is InChI=1S/C24H23ClNO4PS.C20H15ClNO4PS.C13H16ClO3PS.C9H6BrClS.C6H15O3P.C3H9BrSi.CH4/c1-3-29-31(28,30-4-2)23(21-15-32-22-12-10-18(25)14-20(21)22)24(27)26-19-11-9-16-7-5-6-8-17(16)13-19;21-14-6-8-18-16(10-14)17(11-28-18)19(27(24,25)26)20(23)22-15-7-5-12-3-1-2-4-13(12)9-15;1-3-16-18(15,17-4-2)8-10-9-19-13-6-5-11(14)7-12(10)13;10-4-6-5-12-9-2-1-7(11)3-8(6)9;1-4-7-10(8-5-2)9-6-3;1-5(2,3)4;/h5-15,23H,3-4H2,1-2H3,(H,26,27);1-11,19H,(H,22,23)(H2,24,25,26);5-7,9H,3-4,8H2,1-2H3;1-3,5H,4H2;4-6H2,1-3H3;1-3H3;1H4. The van der Waals surface area contributed by atoms with Gasteiger partial charge < -0.3 is 52.1 Å². The van der Waals surface area contributed by atoms with Crippen molar-refractivity contribution in [2.75, 3.05) is 56.9 Å². The molecule has 2 amide bonds. The number of nitrogens with one attached hydrogen (secondary N) is 2. The van der Waals surface area contributed by atoms with Crippen molar-refractivity contribution in [3.63, 3.8) is 0 Å². The van der Waals surface area contributed by atoms with Gasteiger partial charge in [0, 0.05) is 55.6 Å². The molecule has 2 unspecified atom stereocenters. The first-order chi connectivity index (χ1) is 50.5. The molecule has 107 heavy (non-hydrogen) atoms. The number of carbonyl (C=O) groups is 2. The van der Waals surface area contributed by atoms with Gasteiger partial charge in [0.25, 0.3) is 0 Å². The van der Waals surface area contributed by atoms with Crippen molar-refractivity contribution in [3.8, 4) is 0 Å². The highest BCUT2D eigenvalue weighted by Crippen LogP contribution is 2.63. The molecule has 0 saturated carbocycles. The highest BCUT2D eigenvalue weighted by Gasteiger charge is 2.44. The predicted molar refractivity (Wildman–Crippen MR) is 469 cm³/mol. The summed E-state index contributed by atoms with van der Waals surface area (Å²) in [5, 5.41) is 24.1. The van der Waals surface area contributed by atoms with Gasteiger partial charge in [-0.05, 0) is 232 Å². The Kier molecular flexibility index (Phi) is 38.3. The van der Waals surface area contributed by atoms with E-state index in [-0.39, 0.29) is 32.4 Å². The van der Waals surface area contributed by atoms with Crippen LogP contribution < -0.4 is 10.6 Å². The first kappa shape index (κ1) is 92.0. The van der Waals surface area contributed by atoms with Crippen LogP contribution in [0.25, 0.3) is 61.9 Å². The third-order valence-corrected chi connectivity index (χ3v) is 27.2. The molecule has 12 rings (SSSR count). The summed E-state index contributed by atoms with van der Waals surface area (Å²) in [5.41, 5.74) is 1.46. The molecule has 0 aliphatic heterocycles. The molecule has 0 radical (unpaired) electrons. The van der Waals surface area contributed by atoms with E-state index in [1.807, 2.05) is 155 Å². The summed E-state index contributed by atoms with van der Waals surface area (Å²) in [5.74, 6) is -1.21. The van der Waals surface area contributed by atoms with E-state index in [0.717, 1.165) is 62.3 Å². The van der Waals surface area contributed by atoms with E-state index in [4.69, 9.17) is 78.1 Å². The molecule has 0 aliphatic rings. The summed E-state index contributed by atoms with van der Waals surface area (Å²) in [6.07, 6.45) is 0.287. The van der Waals surface area contributed by atoms with Gasteiger partial charge in [-0.25, -0.2) is 0 Å². The number of fused-ring (bicyclic) bond motifs is 6. The minimum Gasteiger partial charge on any atom is -0.325 e. The Bertz CT molecular complexity index is 4990. The molecule has 0 saturated heterocycles. The maximum atomic E-state index is 13.9. The highest BCUT2D eigenvalue weighted by atomic mass is 79.9. The van der Waals surface area contributed by atoms with Crippen LogP contribution in [0.4, 0.5) is 11.4 Å². The first-order valence-corrected chi connectivity index (χ1v) is 51.5. The van der Waals surface area contributed by atoms with Gasteiger partial charge >= 0.3 is 31.4 Å². The van der Waals surface area contributed by atoms with Crippen molar-refractivity contribution in [1.82, 2.24) is 0 Å². The van der Waals surface area contributed by atoms with E-state index in [0.29, 0.717) is 70.4 Å². The molecule has 2 atom stereocenters. The lowest BCUT2D eigenvalue weighted by atomic mass is 10.1. The Hall–Kier alpha value is -3.84. The molecule has 4 aromatic heterocycles. The fourth-order valence-corrected chi connectivity index (χ4v) is 21.4. The zero-order chi connectivity index (χ0) is 77.4. The minimum absolute atomic E-state index is 0. The SMILES string of the molecule is C.CCOP(=O)(Cc1csc2ccc(Cl)cc12)OCC.CCOP(=O)(OCC)C(C(=O)Nc1ccc2ccccc2c1)c1csc2ccc(Cl)cc12.CCOP(OCC)OCC.C[Si](C)(C)Br.Clc1ccc2scc(CBr)c2c1.O=C(Nc1ccc2ccccc2c1)C(c1csc2ccc(Cl)cc12)P(=O)(O)O. The largest absolute Gasteiger partial charge is 0.347 e. The van der Waals surface area contributed by atoms with E-state index in [9.17, 15) is 33.1 Å². The van der Waals surface area contributed by atoms with Crippen LogP contribution in [0.5, 0.6) is 0 Å². The number of amides is 2. The van der Waals surface area contributed by atoms with Gasteiger partial charge in [0.2, 0.25) is 11.8 Å². The van der Waals surface area contributed by atoms with Gasteiger partial charge in [-0.2, -0.15) is 0 Å². The molecule has 16 nitrogen and oxygen atoms in total. The van der Waals surface area contributed by atoms with Gasteiger partial charge in [-0.1, -0.05) is 150 Å². The second-order valence-electron chi connectivity index (χ2n) is 23.6. The smallest absolute Gasteiger partial charge is 0.325 e. The average Bonchev–Trinajstić information content (AvgIpc) is 1.67. The van der Waals surface area contributed by atoms with Crippen LogP contribution in [0.3, 0.4) is 0 Å². The van der Waals surface area contributed by atoms with Gasteiger partial charge in [-0.3, -0.25) is 23.3 Å². The number of hydrogen-bond donors (Lipinski definition) is 4. The number of anilines is 2. The van der Waals surface area contributed by atoms with Crippen molar-refractivity contribution in [2.45, 2.75) is 98.3 Å². The first-order valence-electron chi connectivity index (χ1n) is 33.5. The zero-order valence-electron chi connectivity index (χ0n) is 59.8. The van der Waals surface area contributed by atoms with Crippen LogP contribution in [0.15, 0.2) is 179 Å². The maximum Gasteiger partial charge on any atom is 0.347 e. The van der Waals surface area contributed by atoms with E-state index >= 15 is 0 Å². The number of alkyl halides is 1. The van der Waals surface area contributed by atoms with Crippen molar-refractivity contribution >= 4 is 246 Å². The molecule has 4 N–H and O–H groups in total. The molecule has 576 valence electrons. The monoisotopic (exact) mass is 1830 g/mol. The molecular formula is C76H88Br2Cl4N2O14P4S4Si. The van der Waals surface area contributed by atoms with E-state index in [1.165, 1.54) is 38.3 Å². The number of benzene rings is 8. The molecule has 0 spiro atoms. The lowest BCUT2D eigenvalue weighted by Crippen LogP contribution is -2.23. The molecule has 12 aromatic rings. The average molecular weight is 1840 g/mol. The number of thiophene rings is 4. The molecule has 0 aliphatic carbocycles. The quantitative estimate of drug-likeness (QED) is 0.0181. The normalized spacial score (nSPS) is 12.2. The number of hydrogen-bond acceptors (Lipinski definition) is 16. The van der Waals surface area contributed by atoms with Gasteiger partial charge in [0.1, 0.15) is 6.69 Å². The predicted octanol–water partition coefficient (Wildman–Crippen LogP) is 28.2. The van der Waals surface area contributed by atoms with Crippen LogP contribution in [-0.2, 0) is 66.4 Å². The van der Waals surface area contributed by atoms with Crippen LogP contribution >= 0.6 is 154 Å². The van der Waals surface area contributed by atoms with Crippen molar-refractivity contribution < 1.29 is 64.7 Å². The molecule has 0 fully saturated rings. The van der Waals surface area contributed by atoms with E-state index in [1.54, 1.807) is 84.4 Å². The van der Waals surface area contributed by atoms with E-state index in [2.05, 4.69) is 72.9 Å². The maximum absolute atomic E-state index is 13.9. The molecule has 31 heteroatoms. The molecule has 0 bridgehead atoms. The number of rotatable bonds is 25. The Morgan fingerprint density at radius 1 is 0.467 bits per heavy atom. The molecular weight excluding hydrogens is 1750 g/mol. The summed E-state index contributed by atoms with van der Waals surface area (Å²) in [4.78, 5) is 46.3. The van der Waals surface area contributed by atoms with Crippen LogP contribution in [0.2, 0.25) is 39.7 Å². The Morgan fingerprint density at radius 3 is 1.18 bits per heavy atom. The van der Waals surface area contributed by atoms with E-state index < -0.39 is 61.2 Å².